The van der Waals surface area contributed by atoms with Crippen LogP contribution in [0.4, 0.5) is 0 Å². The first-order valence-electron chi connectivity index (χ1n) is 6.53. The molecule has 0 aliphatic heterocycles. The van der Waals surface area contributed by atoms with Gasteiger partial charge in [-0.1, -0.05) is 28.1 Å². The van der Waals surface area contributed by atoms with E-state index >= 15 is 0 Å². The number of pyridine rings is 1. The highest BCUT2D eigenvalue weighted by molar-refractivity contribution is 9.10. The van der Waals surface area contributed by atoms with Gasteiger partial charge in [-0.25, -0.2) is 0 Å². The summed E-state index contributed by atoms with van der Waals surface area (Å²) in [4.78, 5) is 4.13. The number of hydrogen-bond acceptors (Lipinski definition) is 3. The third-order valence-corrected chi connectivity index (χ3v) is 3.79. The number of aromatic nitrogens is 1. The lowest BCUT2D eigenvalue weighted by atomic mass is 10.0. The molecule has 1 N–H and O–H groups in total. The Hall–Kier alpha value is -1.39. The monoisotopic (exact) mass is 335 g/mol. The van der Waals surface area contributed by atoms with Gasteiger partial charge in [-0.05, 0) is 44.0 Å². The van der Waals surface area contributed by atoms with E-state index in [1.165, 1.54) is 0 Å². The molecule has 1 aromatic carbocycles. The van der Waals surface area contributed by atoms with E-state index < -0.39 is 6.10 Å². The van der Waals surface area contributed by atoms with Gasteiger partial charge in [-0.15, -0.1) is 0 Å². The van der Waals surface area contributed by atoms with Crippen molar-refractivity contribution in [3.05, 3.63) is 57.8 Å². The first-order valence-corrected chi connectivity index (χ1v) is 7.32. The van der Waals surface area contributed by atoms with Crippen molar-refractivity contribution >= 4 is 15.9 Å². The molecule has 1 aromatic heterocycles. The molecule has 106 valence electrons. The summed E-state index contributed by atoms with van der Waals surface area (Å²) in [6.45, 7) is 5.93. The average molecular weight is 336 g/mol. The minimum atomic E-state index is -0.713. The molecule has 0 aliphatic carbocycles. The molecule has 20 heavy (non-hydrogen) atoms. The minimum absolute atomic E-state index is 0.0812. The predicted octanol–water partition coefficient (Wildman–Crippen LogP) is 4.02. The Balaban J connectivity index is 2.28. The molecule has 0 fully saturated rings. The standard InChI is InChI=1S/C16H18BrNO2/c1-10(2)20-14-6-13(8-18-9-14)16(19)12-5-4-11(3)15(17)7-12/h4-10,16,19H,1-3H3. The molecule has 0 spiro atoms. The Labute approximate surface area is 127 Å². The molecule has 0 saturated carbocycles. The van der Waals surface area contributed by atoms with Crippen LogP contribution >= 0.6 is 15.9 Å². The van der Waals surface area contributed by atoms with Crippen LogP contribution in [0.25, 0.3) is 0 Å². The van der Waals surface area contributed by atoms with Crippen LogP contribution in [-0.2, 0) is 0 Å². The van der Waals surface area contributed by atoms with Gasteiger partial charge >= 0.3 is 0 Å². The number of rotatable bonds is 4. The Morgan fingerprint density at radius 1 is 1.15 bits per heavy atom. The van der Waals surface area contributed by atoms with Crippen molar-refractivity contribution in [3.63, 3.8) is 0 Å². The van der Waals surface area contributed by atoms with E-state index in [0.29, 0.717) is 5.75 Å². The number of aliphatic hydroxyl groups excluding tert-OH is 1. The molecule has 4 heteroatoms. The quantitative estimate of drug-likeness (QED) is 0.917. The summed E-state index contributed by atoms with van der Waals surface area (Å²) < 4.78 is 6.58. The van der Waals surface area contributed by atoms with Crippen molar-refractivity contribution in [1.29, 1.82) is 0 Å². The summed E-state index contributed by atoms with van der Waals surface area (Å²) in [7, 11) is 0. The summed E-state index contributed by atoms with van der Waals surface area (Å²) in [5.41, 5.74) is 2.68. The second kappa shape index (κ2) is 6.37. The number of aliphatic hydroxyl groups is 1. The Bertz CT molecular complexity index is 599. The van der Waals surface area contributed by atoms with Crippen molar-refractivity contribution in [2.75, 3.05) is 0 Å². The average Bonchev–Trinajstić information content (AvgIpc) is 2.40. The predicted molar refractivity (Wildman–Crippen MR) is 82.9 cm³/mol. The Morgan fingerprint density at radius 2 is 1.90 bits per heavy atom. The molecule has 1 heterocycles. The molecule has 0 amide bonds. The summed E-state index contributed by atoms with van der Waals surface area (Å²) in [5.74, 6) is 0.669. The number of halogens is 1. The van der Waals surface area contributed by atoms with Gasteiger partial charge < -0.3 is 9.84 Å². The lowest BCUT2D eigenvalue weighted by Gasteiger charge is -2.15. The molecule has 2 aromatic rings. The minimum Gasteiger partial charge on any atom is -0.489 e. The zero-order valence-electron chi connectivity index (χ0n) is 11.8. The van der Waals surface area contributed by atoms with Gasteiger partial charge in [0.15, 0.2) is 0 Å². The largest absolute Gasteiger partial charge is 0.489 e. The zero-order valence-corrected chi connectivity index (χ0v) is 13.4. The molecule has 3 nitrogen and oxygen atoms in total. The summed E-state index contributed by atoms with van der Waals surface area (Å²) in [6, 6.07) is 7.65. The van der Waals surface area contributed by atoms with Crippen LogP contribution in [0.3, 0.4) is 0 Å². The fourth-order valence-corrected chi connectivity index (χ4v) is 2.29. The van der Waals surface area contributed by atoms with Crippen LogP contribution in [0.2, 0.25) is 0 Å². The van der Waals surface area contributed by atoms with Crippen LogP contribution in [-0.4, -0.2) is 16.2 Å². The molecule has 0 saturated heterocycles. The third-order valence-electron chi connectivity index (χ3n) is 2.93. The van der Waals surface area contributed by atoms with E-state index in [1.54, 1.807) is 12.4 Å². The maximum absolute atomic E-state index is 10.4. The van der Waals surface area contributed by atoms with Crippen LogP contribution in [0, 0.1) is 6.92 Å². The molecule has 0 bridgehead atoms. The van der Waals surface area contributed by atoms with E-state index in [2.05, 4.69) is 20.9 Å². The molecule has 0 radical (unpaired) electrons. The number of aryl methyl sites for hydroxylation is 1. The highest BCUT2D eigenvalue weighted by atomic mass is 79.9. The number of hydrogen-bond donors (Lipinski definition) is 1. The molecule has 2 rings (SSSR count). The molecule has 1 unspecified atom stereocenters. The summed E-state index contributed by atoms with van der Waals surface area (Å²) >= 11 is 3.48. The summed E-state index contributed by atoms with van der Waals surface area (Å²) in [5, 5.41) is 10.4. The fourth-order valence-electron chi connectivity index (χ4n) is 1.89. The van der Waals surface area contributed by atoms with E-state index in [4.69, 9.17) is 4.74 Å². The van der Waals surface area contributed by atoms with E-state index in [-0.39, 0.29) is 6.10 Å². The molecule has 0 aliphatic rings. The maximum Gasteiger partial charge on any atom is 0.138 e. The number of nitrogens with zero attached hydrogens (tertiary/aromatic N) is 1. The normalized spacial score (nSPS) is 12.5. The SMILES string of the molecule is Cc1ccc(C(O)c2cncc(OC(C)C)c2)cc1Br. The maximum atomic E-state index is 10.4. The fraction of sp³-hybridized carbons (Fsp3) is 0.312. The number of ether oxygens (including phenoxy) is 1. The van der Waals surface area contributed by atoms with Gasteiger partial charge in [0.05, 0.1) is 12.3 Å². The van der Waals surface area contributed by atoms with Crippen molar-refractivity contribution in [3.8, 4) is 5.75 Å². The van der Waals surface area contributed by atoms with Gasteiger partial charge in [0.25, 0.3) is 0 Å². The van der Waals surface area contributed by atoms with Crippen molar-refractivity contribution < 1.29 is 9.84 Å². The second-order valence-corrected chi connectivity index (χ2v) is 5.89. The smallest absolute Gasteiger partial charge is 0.138 e. The van der Waals surface area contributed by atoms with Gasteiger partial charge in [0.2, 0.25) is 0 Å². The lowest BCUT2D eigenvalue weighted by Crippen LogP contribution is -2.07. The number of benzene rings is 1. The molecule has 1 atom stereocenters. The van der Waals surface area contributed by atoms with Gasteiger partial charge in [-0.3, -0.25) is 4.98 Å². The first-order chi connectivity index (χ1) is 9.47. The van der Waals surface area contributed by atoms with Crippen LogP contribution < -0.4 is 4.74 Å². The van der Waals surface area contributed by atoms with E-state index in [0.717, 1.165) is 21.2 Å². The van der Waals surface area contributed by atoms with Gasteiger partial charge in [-0.2, -0.15) is 0 Å². The van der Waals surface area contributed by atoms with Crippen molar-refractivity contribution in [1.82, 2.24) is 4.98 Å². The van der Waals surface area contributed by atoms with E-state index in [1.807, 2.05) is 45.0 Å². The molecular formula is C16H18BrNO2. The van der Waals surface area contributed by atoms with Crippen molar-refractivity contribution in [2.24, 2.45) is 0 Å². The highest BCUT2D eigenvalue weighted by Gasteiger charge is 2.13. The second-order valence-electron chi connectivity index (χ2n) is 5.03. The van der Waals surface area contributed by atoms with E-state index in [9.17, 15) is 5.11 Å². The third kappa shape index (κ3) is 3.58. The lowest BCUT2D eigenvalue weighted by molar-refractivity contribution is 0.215. The van der Waals surface area contributed by atoms with Crippen LogP contribution in [0.1, 0.15) is 36.6 Å². The van der Waals surface area contributed by atoms with Gasteiger partial charge in [0, 0.05) is 16.2 Å². The molecular weight excluding hydrogens is 318 g/mol. The van der Waals surface area contributed by atoms with Crippen molar-refractivity contribution in [2.45, 2.75) is 33.0 Å². The van der Waals surface area contributed by atoms with Gasteiger partial charge in [0.1, 0.15) is 11.9 Å². The Kier molecular flexibility index (Phi) is 4.78. The highest BCUT2D eigenvalue weighted by Crippen LogP contribution is 2.27. The van der Waals surface area contributed by atoms with Crippen LogP contribution in [0.5, 0.6) is 5.75 Å². The zero-order chi connectivity index (χ0) is 14.7. The Morgan fingerprint density at radius 3 is 2.55 bits per heavy atom. The topological polar surface area (TPSA) is 42.4 Å². The summed E-state index contributed by atoms with van der Waals surface area (Å²) in [6.07, 6.45) is 2.68. The first kappa shape index (κ1) is 15.0. The van der Waals surface area contributed by atoms with Crippen LogP contribution in [0.15, 0.2) is 41.1 Å².